The third-order valence-electron chi connectivity index (χ3n) is 4.35. The molecule has 0 bridgehead atoms. The molecule has 24 heavy (non-hydrogen) atoms. The van der Waals surface area contributed by atoms with E-state index in [9.17, 15) is 9.59 Å². The van der Waals surface area contributed by atoms with Gasteiger partial charge in [0, 0.05) is 22.4 Å². The number of hydrogen-bond donors (Lipinski definition) is 2. The minimum Gasteiger partial charge on any atom is -0.484 e. The molecule has 4 rings (SSSR count). The number of amides is 1. The van der Waals surface area contributed by atoms with Crippen molar-refractivity contribution in [1.29, 1.82) is 0 Å². The highest BCUT2D eigenvalue weighted by atomic mass is 16.5. The van der Waals surface area contributed by atoms with Crippen molar-refractivity contribution in [1.82, 2.24) is 0 Å². The van der Waals surface area contributed by atoms with E-state index in [4.69, 9.17) is 9.84 Å². The monoisotopic (exact) mass is 321 g/mol. The lowest BCUT2D eigenvalue weighted by molar-refractivity contribution is -0.136. The van der Waals surface area contributed by atoms with E-state index in [0.717, 1.165) is 27.9 Å². The van der Waals surface area contributed by atoms with Gasteiger partial charge in [0.1, 0.15) is 11.9 Å². The zero-order valence-electron chi connectivity index (χ0n) is 13.0. The molecule has 0 aliphatic carbocycles. The van der Waals surface area contributed by atoms with Crippen LogP contribution >= 0.6 is 0 Å². The number of hydrogen-bond acceptors (Lipinski definition) is 3. The van der Waals surface area contributed by atoms with E-state index >= 15 is 0 Å². The largest absolute Gasteiger partial charge is 0.484 e. The van der Waals surface area contributed by atoms with Crippen molar-refractivity contribution in [3.05, 3.63) is 64.7 Å². The zero-order chi connectivity index (χ0) is 16.8. The summed E-state index contributed by atoms with van der Waals surface area (Å²) in [5.74, 6) is -0.494. The molecule has 0 saturated carbocycles. The molecule has 0 spiro atoms. The molecule has 2 heterocycles. The van der Waals surface area contributed by atoms with Gasteiger partial charge in [0.05, 0.1) is 12.0 Å². The number of nitrogens with one attached hydrogen (secondary N) is 1. The van der Waals surface area contributed by atoms with Crippen molar-refractivity contribution in [2.75, 3.05) is 5.32 Å². The first kappa shape index (κ1) is 14.5. The summed E-state index contributed by atoms with van der Waals surface area (Å²) < 4.78 is 5.97. The Balaban J connectivity index is 1.86. The highest BCUT2D eigenvalue weighted by Gasteiger charge is 2.34. The predicted molar refractivity (Wildman–Crippen MR) is 89.2 cm³/mol. The first-order chi connectivity index (χ1) is 11.5. The fourth-order valence-electron chi connectivity index (χ4n) is 3.28. The van der Waals surface area contributed by atoms with Crippen LogP contribution in [0.1, 0.15) is 35.3 Å². The van der Waals surface area contributed by atoms with Gasteiger partial charge in [0.15, 0.2) is 0 Å². The number of rotatable bonds is 2. The van der Waals surface area contributed by atoms with E-state index in [1.807, 2.05) is 43.3 Å². The first-order valence-electron chi connectivity index (χ1n) is 7.71. The fourth-order valence-corrected chi connectivity index (χ4v) is 3.28. The molecule has 1 atom stereocenters. The molecule has 2 aromatic carbocycles. The van der Waals surface area contributed by atoms with Crippen LogP contribution in [0.5, 0.6) is 0 Å². The molecule has 0 saturated heterocycles. The van der Waals surface area contributed by atoms with E-state index in [1.54, 1.807) is 6.07 Å². The summed E-state index contributed by atoms with van der Waals surface area (Å²) in [5.41, 5.74) is 4.61. The molecule has 5 heteroatoms. The van der Waals surface area contributed by atoms with Crippen molar-refractivity contribution >= 4 is 28.9 Å². The van der Waals surface area contributed by atoms with Gasteiger partial charge in [-0.2, -0.15) is 0 Å². The van der Waals surface area contributed by atoms with Crippen LogP contribution in [0.4, 0.5) is 5.69 Å². The van der Waals surface area contributed by atoms with Crippen LogP contribution in [0, 0.1) is 0 Å². The Morgan fingerprint density at radius 3 is 2.79 bits per heavy atom. The maximum atomic E-state index is 12.4. The number of para-hydroxylation sites is 1. The summed E-state index contributed by atoms with van der Waals surface area (Å²) in [4.78, 5) is 23.3. The van der Waals surface area contributed by atoms with Gasteiger partial charge in [-0.1, -0.05) is 36.4 Å². The van der Waals surface area contributed by atoms with Crippen LogP contribution in [-0.4, -0.2) is 17.0 Å². The Labute approximate surface area is 138 Å². The molecule has 1 amide bonds. The molecule has 120 valence electrons. The van der Waals surface area contributed by atoms with E-state index in [2.05, 4.69) is 5.32 Å². The van der Waals surface area contributed by atoms with E-state index in [-0.39, 0.29) is 18.4 Å². The van der Waals surface area contributed by atoms with Crippen LogP contribution in [-0.2, 0) is 20.7 Å². The normalized spacial score (nSPS) is 21.0. The number of aliphatic carboxylic acids is 1. The number of carbonyl (C=O) groups excluding carboxylic acids is 1. The Morgan fingerprint density at radius 2 is 2.00 bits per heavy atom. The Bertz CT molecular complexity index is 913. The highest BCUT2D eigenvalue weighted by Crippen LogP contribution is 2.45. The SMILES string of the molecule is CC1OC(=C2C(=O)Nc3ccccc32)c2ccc(CC(=O)O)cc21. The number of ether oxygens (including phenoxy) is 1. The van der Waals surface area contributed by atoms with Gasteiger partial charge in [0.2, 0.25) is 0 Å². The lowest BCUT2D eigenvalue weighted by atomic mass is 9.97. The number of carboxylic acid groups (broad SMARTS) is 1. The number of carbonyl (C=O) groups is 2. The Kier molecular flexibility index (Phi) is 3.16. The summed E-state index contributed by atoms with van der Waals surface area (Å²) in [6, 6.07) is 13.0. The molecule has 2 aliphatic heterocycles. The molecule has 5 nitrogen and oxygen atoms in total. The minimum absolute atomic E-state index is 0.0325. The zero-order valence-corrected chi connectivity index (χ0v) is 13.0. The second-order valence-electron chi connectivity index (χ2n) is 5.96. The van der Waals surface area contributed by atoms with Gasteiger partial charge in [-0.15, -0.1) is 0 Å². The average Bonchev–Trinajstić information content (AvgIpc) is 3.03. The fraction of sp³-hybridized carbons (Fsp3) is 0.158. The molecular weight excluding hydrogens is 306 g/mol. The minimum atomic E-state index is -0.871. The lowest BCUT2D eigenvalue weighted by Gasteiger charge is -2.07. The van der Waals surface area contributed by atoms with Crippen LogP contribution in [0.15, 0.2) is 42.5 Å². The number of benzene rings is 2. The summed E-state index contributed by atoms with van der Waals surface area (Å²) in [5, 5.41) is 11.8. The molecular formula is C19H15NO4. The number of fused-ring (bicyclic) bond motifs is 2. The lowest BCUT2D eigenvalue weighted by Crippen LogP contribution is -2.05. The first-order valence-corrected chi connectivity index (χ1v) is 7.71. The highest BCUT2D eigenvalue weighted by molar-refractivity contribution is 6.36. The summed E-state index contributed by atoms with van der Waals surface area (Å²) in [6.07, 6.45) is -0.258. The summed E-state index contributed by atoms with van der Waals surface area (Å²) in [6.45, 7) is 1.90. The van der Waals surface area contributed by atoms with Crippen molar-refractivity contribution < 1.29 is 19.4 Å². The summed E-state index contributed by atoms with van der Waals surface area (Å²) >= 11 is 0. The van der Waals surface area contributed by atoms with Gasteiger partial charge in [-0.3, -0.25) is 9.59 Å². The topological polar surface area (TPSA) is 75.6 Å². The van der Waals surface area contributed by atoms with Crippen LogP contribution < -0.4 is 5.32 Å². The molecule has 2 aromatic rings. The van der Waals surface area contributed by atoms with E-state index in [0.29, 0.717) is 11.3 Å². The molecule has 1 unspecified atom stereocenters. The molecule has 2 aliphatic rings. The third-order valence-corrected chi connectivity index (χ3v) is 4.35. The summed E-state index contributed by atoms with van der Waals surface area (Å²) in [7, 11) is 0. The van der Waals surface area contributed by atoms with Gasteiger partial charge < -0.3 is 15.2 Å². The maximum Gasteiger partial charge on any atom is 0.307 e. The smallest absolute Gasteiger partial charge is 0.307 e. The molecule has 0 fully saturated rings. The second-order valence-corrected chi connectivity index (χ2v) is 5.96. The number of carboxylic acids is 1. The molecule has 0 radical (unpaired) electrons. The van der Waals surface area contributed by atoms with Crippen LogP contribution in [0.25, 0.3) is 11.3 Å². The van der Waals surface area contributed by atoms with Crippen molar-refractivity contribution in [2.24, 2.45) is 0 Å². The Hall–Kier alpha value is -3.08. The van der Waals surface area contributed by atoms with Crippen LogP contribution in [0.2, 0.25) is 0 Å². The predicted octanol–water partition coefficient (Wildman–Crippen LogP) is 3.23. The van der Waals surface area contributed by atoms with Crippen molar-refractivity contribution in [2.45, 2.75) is 19.4 Å². The van der Waals surface area contributed by atoms with Crippen LogP contribution in [0.3, 0.4) is 0 Å². The van der Waals surface area contributed by atoms with Gasteiger partial charge in [0.25, 0.3) is 5.91 Å². The maximum absolute atomic E-state index is 12.4. The Morgan fingerprint density at radius 1 is 1.21 bits per heavy atom. The van der Waals surface area contributed by atoms with Gasteiger partial charge in [-0.05, 0) is 18.6 Å². The van der Waals surface area contributed by atoms with E-state index in [1.165, 1.54) is 0 Å². The quantitative estimate of drug-likeness (QED) is 0.833. The van der Waals surface area contributed by atoms with Gasteiger partial charge in [-0.25, -0.2) is 0 Å². The van der Waals surface area contributed by atoms with E-state index < -0.39 is 5.97 Å². The average molecular weight is 321 g/mol. The second kappa shape index (κ2) is 5.23. The van der Waals surface area contributed by atoms with Crippen molar-refractivity contribution in [3.63, 3.8) is 0 Å². The standard InChI is InChI=1S/C19H15NO4/c1-10-14-8-11(9-16(21)22)6-7-12(14)18(24-10)17-13-4-2-3-5-15(13)20-19(17)23/h2-8,10H,9H2,1H3,(H,20,23)(H,21,22). The molecule has 0 aromatic heterocycles. The number of anilines is 1. The van der Waals surface area contributed by atoms with Gasteiger partial charge >= 0.3 is 5.97 Å². The van der Waals surface area contributed by atoms with Crippen molar-refractivity contribution in [3.8, 4) is 0 Å². The molecule has 2 N–H and O–H groups in total. The third kappa shape index (κ3) is 2.17.